The van der Waals surface area contributed by atoms with Crippen LogP contribution in [0.3, 0.4) is 0 Å². The molecule has 18 heavy (non-hydrogen) atoms. The first-order valence-electron chi connectivity index (χ1n) is 6.11. The van der Waals surface area contributed by atoms with Crippen LogP contribution in [0.15, 0.2) is 30.3 Å². The average Bonchev–Trinajstić information content (AvgIpc) is 2.30. The second-order valence-corrected chi connectivity index (χ2v) is 5.57. The molecule has 2 unspecified atom stereocenters. The van der Waals surface area contributed by atoms with Crippen molar-refractivity contribution in [2.45, 2.75) is 39.7 Å². The summed E-state index contributed by atoms with van der Waals surface area (Å²) in [5.41, 5.74) is 0.713. The van der Waals surface area contributed by atoms with Gasteiger partial charge in [-0.1, -0.05) is 51.1 Å². The first-order valence-corrected chi connectivity index (χ1v) is 6.11. The molecule has 1 aromatic carbocycles. The molecule has 0 fully saturated rings. The maximum atomic E-state index is 12.1. The number of rotatable bonds is 3. The Morgan fingerprint density at radius 2 is 1.83 bits per heavy atom. The highest BCUT2D eigenvalue weighted by molar-refractivity contribution is 5.86. The summed E-state index contributed by atoms with van der Waals surface area (Å²) in [7, 11) is 0. The minimum absolute atomic E-state index is 0.0181. The van der Waals surface area contributed by atoms with Crippen LogP contribution in [0.1, 0.15) is 39.2 Å². The minimum atomic E-state index is -0.740. The number of hydrogen-bond donors (Lipinski definition) is 1. The largest absolute Gasteiger partial charge is 0.352 e. The molecule has 0 saturated heterocycles. The Hall–Kier alpha value is -1.82. The average molecular weight is 244 g/mol. The second kappa shape index (κ2) is 5.68. The normalized spacial score (nSPS) is 14.4. The molecular weight excluding hydrogens is 224 g/mol. The summed E-state index contributed by atoms with van der Waals surface area (Å²) in [5.74, 6) is -0.970. The van der Waals surface area contributed by atoms with Gasteiger partial charge in [-0.05, 0) is 17.9 Å². The quantitative estimate of drug-likeness (QED) is 0.888. The van der Waals surface area contributed by atoms with Gasteiger partial charge in [-0.2, -0.15) is 5.26 Å². The van der Waals surface area contributed by atoms with E-state index in [9.17, 15) is 4.79 Å². The summed E-state index contributed by atoms with van der Waals surface area (Å²) in [6.45, 7) is 8.13. The zero-order valence-electron chi connectivity index (χ0n) is 11.4. The maximum Gasteiger partial charge on any atom is 0.242 e. The van der Waals surface area contributed by atoms with Gasteiger partial charge in [0.25, 0.3) is 0 Å². The van der Waals surface area contributed by atoms with E-state index in [1.165, 1.54) is 0 Å². The van der Waals surface area contributed by atoms with Gasteiger partial charge >= 0.3 is 0 Å². The van der Waals surface area contributed by atoms with Crippen LogP contribution in [0.4, 0.5) is 0 Å². The first-order chi connectivity index (χ1) is 8.36. The Labute approximate surface area is 109 Å². The highest BCUT2D eigenvalue weighted by Crippen LogP contribution is 2.20. The first kappa shape index (κ1) is 14.2. The number of nitrogens with one attached hydrogen (secondary N) is 1. The van der Waals surface area contributed by atoms with E-state index in [0.717, 1.165) is 5.56 Å². The van der Waals surface area contributed by atoms with Gasteiger partial charge in [0.05, 0.1) is 6.07 Å². The van der Waals surface area contributed by atoms with Crippen LogP contribution < -0.4 is 5.32 Å². The van der Waals surface area contributed by atoms with Gasteiger partial charge in [-0.25, -0.2) is 0 Å². The zero-order chi connectivity index (χ0) is 13.8. The molecule has 1 aromatic rings. The van der Waals surface area contributed by atoms with Gasteiger partial charge in [0.1, 0.15) is 5.92 Å². The predicted molar refractivity (Wildman–Crippen MR) is 71.9 cm³/mol. The van der Waals surface area contributed by atoms with Gasteiger partial charge < -0.3 is 5.32 Å². The fourth-order valence-electron chi connectivity index (χ4n) is 1.44. The van der Waals surface area contributed by atoms with E-state index in [0.29, 0.717) is 0 Å². The molecule has 0 aliphatic carbocycles. The molecule has 1 N–H and O–H groups in total. The smallest absolute Gasteiger partial charge is 0.242 e. The number of amides is 1. The van der Waals surface area contributed by atoms with E-state index in [1.807, 2.05) is 25.1 Å². The molecule has 3 nitrogen and oxygen atoms in total. The van der Waals surface area contributed by atoms with Crippen molar-refractivity contribution in [1.29, 1.82) is 5.26 Å². The van der Waals surface area contributed by atoms with Gasteiger partial charge in [0, 0.05) is 6.04 Å². The van der Waals surface area contributed by atoms with Crippen molar-refractivity contribution in [2.24, 2.45) is 5.41 Å². The van der Waals surface area contributed by atoms with E-state index in [4.69, 9.17) is 5.26 Å². The van der Waals surface area contributed by atoms with Crippen LogP contribution in [0.25, 0.3) is 0 Å². The molecule has 0 saturated carbocycles. The standard InChI is InChI=1S/C15H20N2O/c1-11(15(2,3)4)17-14(18)13(10-16)12-8-6-5-7-9-12/h5-9,11,13H,1-4H3,(H,17,18). The van der Waals surface area contributed by atoms with Crippen molar-refractivity contribution >= 4 is 5.91 Å². The SMILES string of the molecule is CC(NC(=O)C(C#N)c1ccccc1)C(C)(C)C. The van der Waals surface area contributed by atoms with Gasteiger partial charge in [0.2, 0.25) is 5.91 Å². The highest BCUT2D eigenvalue weighted by Gasteiger charge is 2.26. The molecule has 1 amide bonds. The molecular formula is C15H20N2O. The Morgan fingerprint density at radius 1 is 1.28 bits per heavy atom. The van der Waals surface area contributed by atoms with Gasteiger partial charge in [-0.15, -0.1) is 0 Å². The topological polar surface area (TPSA) is 52.9 Å². The van der Waals surface area contributed by atoms with Crippen LogP contribution in [0.5, 0.6) is 0 Å². The third-order valence-electron chi connectivity index (χ3n) is 3.18. The van der Waals surface area contributed by atoms with Gasteiger partial charge in [0.15, 0.2) is 0 Å². The van der Waals surface area contributed by atoms with Crippen LogP contribution >= 0.6 is 0 Å². The Balaban J connectivity index is 2.80. The third-order valence-corrected chi connectivity index (χ3v) is 3.18. The van der Waals surface area contributed by atoms with Crippen molar-refractivity contribution in [2.75, 3.05) is 0 Å². The summed E-state index contributed by atoms with van der Waals surface area (Å²) in [4.78, 5) is 12.1. The number of benzene rings is 1. The molecule has 0 spiro atoms. The molecule has 0 aromatic heterocycles. The molecule has 0 bridgehead atoms. The number of hydrogen-bond acceptors (Lipinski definition) is 2. The van der Waals surface area contributed by atoms with Crippen molar-refractivity contribution in [1.82, 2.24) is 5.32 Å². The van der Waals surface area contributed by atoms with Crippen molar-refractivity contribution in [3.8, 4) is 6.07 Å². The Kier molecular flexibility index (Phi) is 4.49. The van der Waals surface area contributed by atoms with Crippen molar-refractivity contribution in [3.05, 3.63) is 35.9 Å². The summed E-state index contributed by atoms with van der Waals surface area (Å²) in [5, 5.41) is 12.1. The summed E-state index contributed by atoms with van der Waals surface area (Å²) >= 11 is 0. The van der Waals surface area contributed by atoms with Crippen molar-refractivity contribution < 1.29 is 4.79 Å². The number of carbonyl (C=O) groups excluding carboxylic acids is 1. The van der Waals surface area contributed by atoms with Crippen LogP contribution in [0.2, 0.25) is 0 Å². The van der Waals surface area contributed by atoms with Gasteiger partial charge in [-0.3, -0.25) is 4.79 Å². The highest BCUT2D eigenvalue weighted by atomic mass is 16.1. The minimum Gasteiger partial charge on any atom is -0.352 e. The lowest BCUT2D eigenvalue weighted by molar-refractivity contribution is -0.122. The zero-order valence-corrected chi connectivity index (χ0v) is 11.4. The maximum absolute atomic E-state index is 12.1. The van der Waals surface area contributed by atoms with Crippen LogP contribution in [-0.4, -0.2) is 11.9 Å². The van der Waals surface area contributed by atoms with Crippen LogP contribution in [-0.2, 0) is 4.79 Å². The molecule has 96 valence electrons. The second-order valence-electron chi connectivity index (χ2n) is 5.57. The number of carbonyl (C=O) groups is 1. The summed E-state index contributed by atoms with van der Waals surface area (Å²) in [6.07, 6.45) is 0. The third kappa shape index (κ3) is 3.59. The molecule has 0 aliphatic rings. The molecule has 1 rings (SSSR count). The number of nitrogens with zero attached hydrogens (tertiary/aromatic N) is 1. The lowest BCUT2D eigenvalue weighted by atomic mass is 9.87. The monoisotopic (exact) mass is 244 g/mol. The van der Waals surface area contributed by atoms with E-state index < -0.39 is 5.92 Å². The summed E-state index contributed by atoms with van der Waals surface area (Å²) < 4.78 is 0. The molecule has 2 atom stereocenters. The molecule has 0 aliphatic heterocycles. The lowest BCUT2D eigenvalue weighted by Crippen LogP contribution is -2.43. The number of nitriles is 1. The van der Waals surface area contributed by atoms with E-state index >= 15 is 0 Å². The van der Waals surface area contributed by atoms with E-state index in [-0.39, 0.29) is 17.4 Å². The molecule has 3 heteroatoms. The van der Waals surface area contributed by atoms with Crippen molar-refractivity contribution in [3.63, 3.8) is 0 Å². The summed E-state index contributed by atoms with van der Waals surface area (Å²) in [6, 6.07) is 11.2. The predicted octanol–water partition coefficient (Wildman–Crippen LogP) is 2.84. The fraction of sp³-hybridized carbons (Fsp3) is 0.467. The lowest BCUT2D eigenvalue weighted by Gasteiger charge is -2.28. The molecule has 0 heterocycles. The van der Waals surface area contributed by atoms with Crippen LogP contribution in [0, 0.1) is 16.7 Å². The van der Waals surface area contributed by atoms with E-state index in [1.54, 1.807) is 12.1 Å². The Bertz CT molecular complexity index is 440. The Morgan fingerprint density at radius 3 is 2.28 bits per heavy atom. The fourth-order valence-corrected chi connectivity index (χ4v) is 1.44. The molecule has 0 radical (unpaired) electrons. The van der Waals surface area contributed by atoms with E-state index in [2.05, 4.69) is 32.2 Å².